The van der Waals surface area contributed by atoms with Crippen LogP contribution < -0.4 is 11.2 Å². The average Bonchev–Trinajstić information content (AvgIpc) is 3.03. The molecule has 0 bridgehead atoms. The van der Waals surface area contributed by atoms with Gasteiger partial charge in [0, 0.05) is 33.7 Å². The van der Waals surface area contributed by atoms with Crippen LogP contribution in [0.25, 0.3) is 11.2 Å². The molecule has 2 aromatic heterocycles. The number of ether oxygens (including phenoxy) is 1. The molecule has 1 N–H and O–H groups in total. The monoisotopic (exact) mass is 373 g/mol. The summed E-state index contributed by atoms with van der Waals surface area (Å²) in [4.78, 5) is 38.3. The van der Waals surface area contributed by atoms with E-state index in [1.54, 1.807) is 0 Å². The second-order valence-corrected chi connectivity index (χ2v) is 7.51. The molecule has 1 atom stereocenters. The van der Waals surface area contributed by atoms with Gasteiger partial charge in [-0.3, -0.25) is 18.5 Å². The highest BCUT2D eigenvalue weighted by Crippen LogP contribution is 2.46. The van der Waals surface area contributed by atoms with Crippen molar-refractivity contribution in [2.24, 2.45) is 14.1 Å². The molecule has 3 heterocycles. The van der Waals surface area contributed by atoms with Gasteiger partial charge in [-0.25, -0.2) is 19.0 Å². The number of nitrogens with zero attached hydrogens (tertiary/aromatic N) is 5. The van der Waals surface area contributed by atoms with Crippen LogP contribution in [0, 0.1) is 0 Å². The second-order valence-electron chi connectivity index (χ2n) is 5.71. The first-order valence-corrected chi connectivity index (χ1v) is 9.27. The van der Waals surface area contributed by atoms with E-state index >= 15 is 0 Å². The Morgan fingerprint density at radius 2 is 1.96 bits per heavy atom. The molecule has 0 saturated carbocycles. The van der Waals surface area contributed by atoms with Gasteiger partial charge in [0.1, 0.15) is 0 Å². The van der Waals surface area contributed by atoms with E-state index < -0.39 is 19.0 Å². The highest BCUT2D eigenvalue weighted by Gasteiger charge is 2.31. The van der Waals surface area contributed by atoms with Crippen molar-refractivity contribution in [3.05, 3.63) is 27.2 Å². The van der Waals surface area contributed by atoms with Crippen molar-refractivity contribution in [1.82, 2.24) is 23.4 Å². The quantitative estimate of drug-likeness (QED) is 0.655. The molecule has 0 amide bonds. The van der Waals surface area contributed by atoms with Gasteiger partial charge in [0.05, 0.1) is 26.1 Å². The van der Waals surface area contributed by atoms with Crippen LogP contribution in [0.4, 0.5) is 0 Å². The van der Waals surface area contributed by atoms with E-state index in [4.69, 9.17) is 9.26 Å². The van der Waals surface area contributed by atoms with Crippen molar-refractivity contribution in [2.75, 3.05) is 32.9 Å². The van der Waals surface area contributed by atoms with Crippen molar-refractivity contribution < 1.29 is 18.7 Å². The summed E-state index contributed by atoms with van der Waals surface area (Å²) >= 11 is 0. The molecule has 1 aliphatic rings. The van der Waals surface area contributed by atoms with Crippen LogP contribution in [0.1, 0.15) is 0 Å². The third-order valence-electron chi connectivity index (χ3n) is 4.15. The van der Waals surface area contributed by atoms with Crippen molar-refractivity contribution in [1.29, 1.82) is 0 Å². The van der Waals surface area contributed by atoms with Crippen LogP contribution >= 0.6 is 7.75 Å². The van der Waals surface area contributed by atoms with E-state index in [1.165, 1.54) is 34.2 Å². The molecular weight excluding hydrogens is 353 g/mol. The molecule has 12 heteroatoms. The van der Waals surface area contributed by atoms with E-state index in [-0.39, 0.29) is 24.3 Å². The number of hydrogen-bond donors (Lipinski definition) is 1. The van der Waals surface area contributed by atoms with Crippen LogP contribution in [-0.2, 0) is 34.5 Å². The van der Waals surface area contributed by atoms with Gasteiger partial charge in [-0.05, 0) is 0 Å². The molecule has 0 aliphatic carbocycles. The molecule has 0 spiro atoms. The number of morpholine rings is 1. The smallest absolute Gasteiger partial charge is 0.379 e. The highest BCUT2D eigenvalue weighted by atomic mass is 31.2. The van der Waals surface area contributed by atoms with E-state index in [1.807, 2.05) is 0 Å². The van der Waals surface area contributed by atoms with Crippen molar-refractivity contribution >= 4 is 18.9 Å². The van der Waals surface area contributed by atoms with Crippen LogP contribution in [0.2, 0.25) is 0 Å². The normalized spacial score (nSPS) is 18.5. The van der Waals surface area contributed by atoms with Gasteiger partial charge < -0.3 is 14.2 Å². The third-order valence-corrected chi connectivity index (χ3v) is 5.79. The van der Waals surface area contributed by atoms with Crippen LogP contribution in [0.15, 0.2) is 15.9 Å². The Morgan fingerprint density at radius 3 is 2.64 bits per heavy atom. The Kier molecular flexibility index (Phi) is 4.94. The first-order valence-electron chi connectivity index (χ1n) is 7.74. The Bertz CT molecular complexity index is 941. The highest BCUT2D eigenvalue weighted by molar-refractivity contribution is 7.50. The molecule has 1 unspecified atom stereocenters. The Hall–Kier alpha value is -1.78. The van der Waals surface area contributed by atoms with Crippen LogP contribution in [0.3, 0.4) is 0 Å². The predicted molar refractivity (Wildman–Crippen MR) is 88.4 cm³/mol. The Balaban J connectivity index is 1.77. The zero-order valence-electron chi connectivity index (χ0n) is 14.0. The van der Waals surface area contributed by atoms with Crippen LogP contribution in [-0.4, -0.2) is 61.2 Å². The third kappa shape index (κ3) is 3.33. The van der Waals surface area contributed by atoms with E-state index in [0.29, 0.717) is 26.3 Å². The number of rotatable bonds is 5. The molecular formula is C13H20N5O6P. The van der Waals surface area contributed by atoms with Crippen molar-refractivity contribution in [3.8, 4) is 0 Å². The number of aromatic nitrogens is 4. The lowest BCUT2D eigenvalue weighted by atomic mass is 10.5. The predicted octanol–water partition coefficient (Wildman–Crippen LogP) is -1.12. The summed E-state index contributed by atoms with van der Waals surface area (Å²) in [5.74, 6) is 0. The van der Waals surface area contributed by atoms with Gasteiger partial charge in [0.2, 0.25) is 0 Å². The molecule has 138 valence electrons. The zero-order chi connectivity index (χ0) is 18.2. The molecule has 0 aromatic carbocycles. The van der Waals surface area contributed by atoms with Gasteiger partial charge in [0.15, 0.2) is 11.2 Å². The van der Waals surface area contributed by atoms with Gasteiger partial charge in [-0.2, -0.15) is 0 Å². The number of fused-ring (bicyclic) bond motifs is 1. The maximum absolute atomic E-state index is 12.3. The number of aryl methyl sites for hydroxylation is 1. The zero-order valence-corrected chi connectivity index (χ0v) is 14.9. The maximum atomic E-state index is 12.3. The Morgan fingerprint density at radius 1 is 1.28 bits per heavy atom. The maximum Gasteiger partial charge on any atom is 0.405 e. The molecule has 1 aliphatic heterocycles. The summed E-state index contributed by atoms with van der Waals surface area (Å²) in [5, 5.41) is 0. The minimum absolute atomic E-state index is 0.0808. The molecule has 3 rings (SSSR count). The minimum Gasteiger partial charge on any atom is -0.379 e. The first kappa shape index (κ1) is 18.0. The summed E-state index contributed by atoms with van der Waals surface area (Å²) in [7, 11) is -0.991. The molecule has 11 nitrogen and oxygen atoms in total. The van der Waals surface area contributed by atoms with E-state index in [9.17, 15) is 19.0 Å². The number of hydrogen-bond acceptors (Lipinski definition) is 6. The van der Waals surface area contributed by atoms with E-state index in [2.05, 4.69) is 4.98 Å². The van der Waals surface area contributed by atoms with Gasteiger partial charge in [-0.15, -0.1) is 0 Å². The molecule has 25 heavy (non-hydrogen) atoms. The minimum atomic E-state index is -3.90. The lowest BCUT2D eigenvalue weighted by Gasteiger charge is -2.29. The molecule has 1 fully saturated rings. The summed E-state index contributed by atoms with van der Waals surface area (Å²) in [6.07, 6.45) is 1.41. The van der Waals surface area contributed by atoms with Crippen molar-refractivity contribution in [2.45, 2.75) is 6.54 Å². The fraction of sp³-hybridized carbons (Fsp3) is 0.615. The van der Waals surface area contributed by atoms with E-state index in [0.717, 1.165) is 4.57 Å². The molecule has 0 radical (unpaired) electrons. The SMILES string of the molecule is Cn1c(=O)c2c(ncn2CCOP(=O)(O)N2CCOCC2)n(C)c1=O. The lowest BCUT2D eigenvalue weighted by Crippen LogP contribution is -2.37. The first-order chi connectivity index (χ1) is 11.8. The lowest BCUT2D eigenvalue weighted by molar-refractivity contribution is 0.0556. The number of imidazole rings is 1. The van der Waals surface area contributed by atoms with Crippen molar-refractivity contribution in [3.63, 3.8) is 0 Å². The summed E-state index contributed by atoms with van der Waals surface area (Å²) in [6.45, 7) is 1.48. The van der Waals surface area contributed by atoms with Crippen LogP contribution in [0.5, 0.6) is 0 Å². The molecule has 2 aromatic rings. The van der Waals surface area contributed by atoms with Gasteiger partial charge >= 0.3 is 13.4 Å². The molecule has 1 saturated heterocycles. The summed E-state index contributed by atoms with van der Waals surface area (Å²) in [6, 6.07) is 0. The fourth-order valence-electron chi connectivity index (χ4n) is 2.71. The summed E-state index contributed by atoms with van der Waals surface area (Å²) in [5.41, 5.74) is -0.442. The largest absolute Gasteiger partial charge is 0.405 e. The Labute approximate surface area is 142 Å². The second kappa shape index (κ2) is 6.85. The van der Waals surface area contributed by atoms with Gasteiger partial charge in [-0.1, -0.05) is 0 Å². The summed E-state index contributed by atoms with van der Waals surface area (Å²) < 4.78 is 27.7. The van der Waals surface area contributed by atoms with Gasteiger partial charge in [0.25, 0.3) is 5.56 Å². The average molecular weight is 373 g/mol. The fourth-order valence-corrected chi connectivity index (χ4v) is 3.86. The topological polar surface area (TPSA) is 121 Å². The standard InChI is InChI=1S/C13H20N5O6P/c1-15-11-10(12(19)16(2)13(15)20)17(9-14-11)3-8-24-25(21,22)18-4-6-23-7-5-18/h9H,3-8H2,1-2H3,(H,21,22).